The van der Waals surface area contributed by atoms with Crippen LogP contribution in [-0.2, 0) is 14.6 Å². The number of hydrogen-bond donors (Lipinski definition) is 1. The van der Waals surface area contributed by atoms with Gasteiger partial charge in [0.25, 0.3) is 0 Å². The van der Waals surface area contributed by atoms with Gasteiger partial charge in [0, 0.05) is 12.1 Å². The minimum atomic E-state index is -3.22. The van der Waals surface area contributed by atoms with Gasteiger partial charge in [0.1, 0.15) is 0 Å². The van der Waals surface area contributed by atoms with Crippen molar-refractivity contribution in [1.82, 2.24) is 0 Å². The Morgan fingerprint density at radius 1 is 1.19 bits per heavy atom. The Morgan fingerprint density at radius 2 is 1.76 bits per heavy atom. The third-order valence-corrected chi connectivity index (χ3v) is 6.08. The molecule has 1 aromatic carbocycles. The number of benzene rings is 1. The summed E-state index contributed by atoms with van der Waals surface area (Å²) >= 11 is 0. The van der Waals surface area contributed by atoms with E-state index in [9.17, 15) is 13.2 Å². The molecule has 0 saturated heterocycles. The molecule has 0 spiro atoms. The zero-order valence-corrected chi connectivity index (χ0v) is 13.4. The predicted molar refractivity (Wildman–Crippen MR) is 84.0 cm³/mol. The second-order valence-corrected chi connectivity index (χ2v) is 8.35. The molecule has 1 aromatic rings. The lowest BCUT2D eigenvalue weighted by Crippen LogP contribution is -2.18. The van der Waals surface area contributed by atoms with E-state index in [4.69, 9.17) is 0 Å². The molecule has 0 aromatic heterocycles. The maximum atomic E-state index is 12.4. The van der Waals surface area contributed by atoms with Crippen LogP contribution in [0.25, 0.3) is 0 Å². The fourth-order valence-electron chi connectivity index (χ4n) is 2.70. The van der Waals surface area contributed by atoms with Crippen molar-refractivity contribution >= 4 is 21.4 Å². The van der Waals surface area contributed by atoms with Crippen molar-refractivity contribution in [3.05, 3.63) is 24.3 Å². The Labute approximate surface area is 126 Å². The molecule has 116 valence electrons. The van der Waals surface area contributed by atoms with Gasteiger partial charge in [0.2, 0.25) is 5.91 Å². The van der Waals surface area contributed by atoms with E-state index in [1.165, 1.54) is 0 Å². The molecular formula is C16H23NO3S. The zero-order valence-electron chi connectivity index (χ0n) is 12.6. The molecule has 0 heterocycles. The maximum absolute atomic E-state index is 12.4. The van der Waals surface area contributed by atoms with Crippen molar-refractivity contribution in [2.75, 3.05) is 5.32 Å². The largest absolute Gasteiger partial charge is 0.326 e. The van der Waals surface area contributed by atoms with Crippen LogP contribution in [0.2, 0.25) is 0 Å². The number of anilines is 1. The Morgan fingerprint density at radius 3 is 2.29 bits per heavy atom. The topological polar surface area (TPSA) is 63.2 Å². The molecule has 1 saturated carbocycles. The van der Waals surface area contributed by atoms with Crippen molar-refractivity contribution < 1.29 is 13.2 Å². The monoisotopic (exact) mass is 309 g/mol. The molecular weight excluding hydrogens is 286 g/mol. The first-order valence-corrected chi connectivity index (χ1v) is 9.08. The normalized spacial score (nSPS) is 16.3. The molecule has 0 radical (unpaired) electrons. The van der Waals surface area contributed by atoms with Crippen LogP contribution in [0.15, 0.2) is 29.2 Å². The van der Waals surface area contributed by atoms with E-state index in [0.717, 1.165) is 25.7 Å². The first kappa shape index (κ1) is 16.0. The van der Waals surface area contributed by atoms with E-state index in [0.29, 0.717) is 22.9 Å². The molecule has 1 aliphatic carbocycles. The summed E-state index contributed by atoms with van der Waals surface area (Å²) in [5.41, 5.74) is 0.644. The maximum Gasteiger partial charge on any atom is 0.224 e. The highest BCUT2D eigenvalue weighted by Gasteiger charge is 2.30. The van der Waals surface area contributed by atoms with Gasteiger partial charge in [-0.2, -0.15) is 0 Å². The first-order chi connectivity index (χ1) is 9.89. The molecule has 1 aliphatic rings. The quantitative estimate of drug-likeness (QED) is 0.907. The average Bonchev–Trinajstić information content (AvgIpc) is 2.92. The molecule has 0 bridgehead atoms. The summed E-state index contributed by atoms with van der Waals surface area (Å²) in [6.07, 6.45) is 3.97. The van der Waals surface area contributed by atoms with Crippen LogP contribution in [0.3, 0.4) is 0 Å². The summed E-state index contributed by atoms with van der Waals surface area (Å²) in [6.45, 7) is 3.97. The smallest absolute Gasteiger partial charge is 0.224 e. The molecule has 0 atom stereocenters. The standard InChI is InChI=1S/C16H23NO3S/c1-12(2)11-16(18)17-13-7-9-15(10-8-13)21(19,20)14-5-3-4-6-14/h7-10,12,14H,3-6,11H2,1-2H3,(H,17,18). The number of rotatable bonds is 5. The van der Waals surface area contributed by atoms with Gasteiger partial charge >= 0.3 is 0 Å². The second-order valence-electron chi connectivity index (χ2n) is 6.12. The van der Waals surface area contributed by atoms with E-state index in [-0.39, 0.29) is 11.2 Å². The zero-order chi connectivity index (χ0) is 15.5. The average molecular weight is 309 g/mol. The van der Waals surface area contributed by atoms with Gasteiger partial charge in [-0.3, -0.25) is 4.79 Å². The van der Waals surface area contributed by atoms with Gasteiger partial charge in [-0.05, 0) is 43.0 Å². The third-order valence-electron chi connectivity index (χ3n) is 3.80. The fourth-order valence-corrected chi connectivity index (χ4v) is 4.56. The van der Waals surface area contributed by atoms with Crippen LogP contribution >= 0.6 is 0 Å². The van der Waals surface area contributed by atoms with E-state index in [1.54, 1.807) is 24.3 Å². The minimum Gasteiger partial charge on any atom is -0.326 e. The van der Waals surface area contributed by atoms with Gasteiger partial charge in [0.05, 0.1) is 10.1 Å². The van der Waals surface area contributed by atoms with Gasteiger partial charge in [0.15, 0.2) is 9.84 Å². The number of carbonyl (C=O) groups excluding carboxylic acids is 1. The SMILES string of the molecule is CC(C)CC(=O)Nc1ccc(S(=O)(=O)C2CCCC2)cc1. The molecule has 1 N–H and O–H groups in total. The summed E-state index contributed by atoms with van der Waals surface area (Å²) in [5, 5.41) is 2.55. The van der Waals surface area contributed by atoms with Gasteiger partial charge in [-0.1, -0.05) is 26.7 Å². The van der Waals surface area contributed by atoms with Crippen molar-refractivity contribution in [2.45, 2.75) is 56.1 Å². The fraction of sp³-hybridized carbons (Fsp3) is 0.562. The summed E-state index contributed by atoms with van der Waals surface area (Å²) in [5.74, 6) is 0.253. The lowest BCUT2D eigenvalue weighted by Gasteiger charge is -2.12. The van der Waals surface area contributed by atoms with Crippen LogP contribution in [0.1, 0.15) is 46.0 Å². The number of hydrogen-bond acceptors (Lipinski definition) is 3. The van der Waals surface area contributed by atoms with Crippen LogP contribution in [0.4, 0.5) is 5.69 Å². The first-order valence-electron chi connectivity index (χ1n) is 7.53. The predicted octanol–water partition coefficient (Wildman–Crippen LogP) is 3.39. The highest BCUT2D eigenvalue weighted by Crippen LogP contribution is 2.30. The summed E-state index contributed by atoms with van der Waals surface area (Å²) in [6, 6.07) is 6.53. The van der Waals surface area contributed by atoms with Crippen molar-refractivity contribution in [1.29, 1.82) is 0 Å². The number of amides is 1. The van der Waals surface area contributed by atoms with E-state index >= 15 is 0 Å². The van der Waals surface area contributed by atoms with Gasteiger partial charge in [-0.25, -0.2) is 8.42 Å². The Balaban J connectivity index is 2.06. The van der Waals surface area contributed by atoms with Crippen molar-refractivity contribution in [2.24, 2.45) is 5.92 Å². The van der Waals surface area contributed by atoms with Crippen LogP contribution in [0.5, 0.6) is 0 Å². The summed E-state index contributed by atoms with van der Waals surface area (Å²) in [7, 11) is -3.22. The van der Waals surface area contributed by atoms with E-state index < -0.39 is 9.84 Å². The molecule has 4 nitrogen and oxygen atoms in total. The van der Waals surface area contributed by atoms with Crippen molar-refractivity contribution in [3.63, 3.8) is 0 Å². The highest BCUT2D eigenvalue weighted by atomic mass is 32.2. The number of carbonyl (C=O) groups is 1. The minimum absolute atomic E-state index is 0.0450. The number of sulfone groups is 1. The third kappa shape index (κ3) is 4.06. The van der Waals surface area contributed by atoms with Gasteiger partial charge in [-0.15, -0.1) is 0 Å². The second kappa shape index (κ2) is 6.60. The molecule has 1 fully saturated rings. The summed E-state index contributed by atoms with van der Waals surface area (Å²) in [4.78, 5) is 12.0. The van der Waals surface area contributed by atoms with Crippen LogP contribution in [0, 0.1) is 5.92 Å². The van der Waals surface area contributed by atoms with Crippen LogP contribution < -0.4 is 5.32 Å². The molecule has 0 aliphatic heterocycles. The Bertz CT molecular complexity index is 584. The highest BCUT2D eigenvalue weighted by molar-refractivity contribution is 7.92. The van der Waals surface area contributed by atoms with Crippen LogP contribution in [-0.4, -0.2) is 19.6 Å². The Hall–Kier alpha value is -1.36. The van der Waals surface area contributed by atoms with E-state index in [1.807, 2.05) is 13.8 Å². The lowest BCUT2D eigenvalue weighted by atomic mass is 10.1. The van der Waals surface area contributed by atoms with Crippen molar-refractivity contribution in [3.8, 4) is 0 Å². The molecule has 5 heteroatoms. The molecule has 21 heavy (non-hydrogen) atoms. The van der Waals surface area contributed by atoms with Gasteiger partial charge < -0.3 is 5.32 Å². The summed E-state index contributed by atoms with van der Waals surface area (Å²) < 4.78 is 24.9. The molecule has 2 rings (SSSR count). The number of nitrogens with one attached hydrogen (secondary N) is 1. The Kier molecular flexibility index (Phi) is 5.04. The lowest BCUT2D eigenvalue weighted by molar-refractivity contribution is -0.116. The van der Waals surface area contributed by atoms with E-state index in [2.05, 4.69) is 5.32 Å². The molecule has 0 unspecified atom stereocenters. The molecule has 1 amide bonds.